The average molecular weight is 426 g/mol. The van der Waals surface area contributed by atoms with E-state index in [0.717, 1.165) is 43.9 Å². The topological polar surface area (TPSA) is 21.7 Å². The van der Waals surface area contributed by atoms with Crippen LogP contribution in [0.2, 0.25) is 0 Å². The van der Waals surface area contributed by atoms with E-state index < -0.39 is 0 Å². The van der Waals surface area contributed by atoms with Crippen LogP contribution in [0.3, 0.4) is 0 Å². The van der Waals surface area contributed by atoms with Crippen molar-refractivity contribution in [1.82, 2.24) is 4.90 Å². The third-order valence-electron chi connectivity index (χ3n) is 6.87. The van der Waals surface area contributed by atoms with Gasteiger partial charge in [0.05, 0.1) is 7.11 Å². The minimum Gasteiger partial charge on any atom is -0.497 e. The van der Waals surface area contributed by atoms with E-state index in [1.807, 2.05) is 18.2 Å². The average Bonchev–Trinajstić information content (AvgIpc) is 3.26. The van der Waals surface area contributed by atoms with E-state index in [4.69, 9.17) is 9.47 Å². The summed E-state index contributed by atoms with van der Waals surface area (Å²) in [7, 11) is 1.75. The van der Waals surface area contributed by atoms with Crippen LogP contribution in [-0.2, 0) is 6.42 Å². The molecule has 2 unspecified atom stereocenters. The molecule has 0 radical (unpaired) electrons. The molecule has 1 heterocycles. The van der Waals surface area contributed by atoms with Crippen molar-refractivity contribution in [3.8, 4) is 11.5 Å². The Morgan fingerprint density at radius 2 is 1.62 bits per heavy atom. The highest BCUT2D eigenvalue weighted by Crippen LogP contribution is 2.45. The first-order chi connectivity index (χ1) is 15.8. The zero-order chi connectivity index (χ0) is 21.9. The summed E-state index contributed by atoms with van der Waals surface area (Å²) in [6.07, 6.45) is 3.21. The van der Waals surface area contributed by atoms with Crippen molar-refractivity contribution < 1.29 is 9.47 Å². The van der Waals surface area contributed by atoms with Crippen molar-refractivity contribution in [2.24, 2.45) is 5.92 Å². The zero-order valence-electron chi connectivity index (χ0n) is 19.0. The molecule has 3 aromatic rings. The van der Waals surface area contributed by atoms with Crippen molar-refractivity contribution in [3.63, 3.8) is 0 Å². The standard InChI is InChI=1S/C29H31NO2/c1-3-30-20-23(19-28(30)32-24-12-8-5-9-13-24)29-26(21-10-6-4-7-11-21)16-14-22-18-25(31-2)15-17-27(22)29/h4-13,15,17-18,23,28H,3,14,16,19-20H2,1-2H3. The van der Waals surface area contributed by atoms with Crippen molar-refractivity contribution in [3.05, 3.63) is 95.6 Å². The third kappa shape index (κ3) is 4.05. The molecule has 0 bridgehead atoms. The van der Waals surface area contributed by atoms with Gasteiger partial charge in [0.25, 0.3) is 0 Å². The lowest BCUT2D eigenvalue weighted by atomic mass is 9.77. The SMILES string of the molecule is CCN1CC(C2=C(c3ccccc3)CCc3cc(OC)ccc32)CC1Oc1ccccc1. The largest absolute Gasteiger partial charge is 0.497 e. The molecule has 0 aromatic heterocycles. The van der Waals surface area contributed by atoms with Gasteiger partial charge in [0.15, 0.2) is 6.23 Å². The minimum absolute atomic E-state index is 0.0977. The number of hydrogen-bond donors (Lipinski definition) is 0. The zero-order valence-corrected chi connectivity index (χ0v) is 19.0. The molecule has 2 aliphatic rings. The van der Waals surface area contributed by atoms with Crippen molar-refractivity contribution in [2.45, 2.75) is 32.4 Å². The first kappa shape index (κ1) is 20.8. The number of hydrogen-bond acceptors (Lipinski definition) is 3. The van der Waals surface area contributed by atoms with Crippen LogP contribution in [0, 0.1) is 5.92 Å². The van der Waals surface area contributed by atoms with Crippen LogP contribution in [0.25, 0.3) is 11.1 Å². The van der Waals surface area contributed by atoms with Gasteiger partial charge in [-0.2, -0.15) is 0 Å². The number of allylic oxidation sites excluding steroid dienone is 1. The Morgan fingerprint density at radius 1 is 0.875 bits per heavy atom. The monoisotopic (exact) mass is 425 g/mol. The molecule has 32 heavy (non-hydrogen) atoms. The fraction of sp³-hybridized carbons (Fsp3) is 0.310. The Hall–Kier alpha value is -3.04. The maximum absolute atomic E-state index is 6.45. The van der Waals surface area contributed by atoms with Gasteiger partial charge in [-0.3, -0.25) is 4.90 Å². The maximum Gasteiger partial charge on any atom is 0.153 e. The van der Waals surface area contributed by atoms with Crippen LogP contribution < -0.4 is 9.47 Å². The molecule has 3 heteroatoms. The number of fused-ring (bicyclic) bond motifs is 1. The number of para-hydroxylation sites is 1. The molecule has 5 rings (SSSR count). The lowest BCUT2D eigenvalue weighted by molar-refractivity contribution is 0.0650. The molecule has 0 N–H and O–H groups in total. The van der Waals surface area contributed by atoms with Gasteiger partial charge in [-0.15, -0.1) is 0 Å². The number of nitrogens with zero attached hydrogens (tertiary/aromatic N) is 1. The Kier molecular flexibility index (Phi) is 6.00. The van der Waals surface area contributed by atoms with E-state index >= 15 is 0 Å². The predicted molar refractivity (Wildman–Crippen MR) is 131 cm³/mol. The van der Waals surface area contributed by atoms with Gasteiger partial charge in [0, 0.05) is 18.9 Å². The van der Waals surface area contributed by atoms with Gasteiger partial charge < -0.3 is 9.47 Å². The van der Waals surface area contributed by atoms with Gasteiger partial charge >= 0.3 is 0 Å². The van der Waals surface area contributed by atoms with Crippen LogP contribution in [0.4, 0.5) is 0 Å². The number of aryl methyl sites for hydroxylation is 1. The van der Waals surface area contributed by atoms with E-state index in [-0.39, 0.29) is 6.23 Å². The molecule has 0 amide bonds. The van der Waals surface area contributed by atoms with E-state index in [1.165, 1.54) is 27.8 Å². The van der Waals surface area contributed by atoms with E-state index in [9.17, 15) is 0 Å². The first-order valence-electron chi connectivity index (χ1n) is 11.7. The molecular weight excluding hydrogens is 394 g/mol. The van der Waals surface area contributed by atoms with Gasteiger partial charge in [0.1, 0.15) is 11.5 Å². The van der Waals surface area contributed by atoms with Crippen molar-refractivity contribution in [2.75, 3.05) is 20.2 Å². The van der Waals surface area contributed by atoms with Crippen LogP contribution in [0.15, 0.2) is 78.9 Å². The molecule has 0 saturated carbocycles. The minimum atomic E-state index is 0.0977. The summed E-state index contributed by atoms with van der Waals surface area (Å²) in [5, 5.41) is 0. The predicted octanol–water partition coefficient (Wildman–Crippen LogP) is 6.30. The highest BCUT2D eigenvalue weighted by atomic mass is 16.5. The molecule has 1 aliphatic heterocycles. The molecule has 1 aliphatic carbocycles. The van der Waals surface area contributed by atoms with E-state index in [0.29, 0.717) is 5.92 Å². The van der Waals surface area contributed by atoms with Crippen molar-refractivity contribution in [1.29, 1.82) is 0 Å². The normalized spacial score (nSPS) is 20.8. The molecular formula is C29H31NO2. The molecule has 1 saturated heterocycles. The number of benzene rings is 3. The number of rotatable bonds is 6. The Bertz CT molecular complexity index is 1090. The first-order valence-corrected chi connectivity index (χ1v) is 11.7. The van der Waals surface area contributed by atoms with E-state index in [1.54, 1.807) is 7.11 Å². The quantitative estimate of drug-likeness (QED) is 0.463. The van der Waals surface area contributed by atoms with E-state index in [2.05, 4.69) is 72.5 Å². The maximum atomic E-state index is 6.45. The Morgan fingerprint density at radius 3 is 2.34 bits per heavy atom. The Labute approximate surface area is 191 Å². The summed E-state index contributed by atoms with van der Waals surface area (Å²) in [5.41, 5.74) is 7.12. The highest BCUT2D eigenvalue weighted by Gasteiger charge is 2.37. The summed E-state index contributed by atoms with van der Waals surface area (Å²) in [4.78, 5) is 2.48. The fourth-order valence-corrected chi connectivity index (χ4v) is 5.32. The van der Waals surface area contributed by atoms with Crippen molar-refractivity contribution >= 4 is 11.1 Å². The summed E-state index contributed by atoms with van der Waals surface area (Å²) in [6, 6.07) is 27.7. The summed E-state index contributed by atoms with van der Waals surface area (Å²) >= 11 is 0. The molecule has 3 nitrogen and oxygen atoms in total. The molecule has 3 aromatic carbocycles. The highest BCUT2D eigenvalue weighted by molar-refractivity contribution is 5.94. The van der Waals surface area contributed by atoms with Crippen LogP contribution >= 0.6 is 0 Å². The second-order valence-electron chi connectivity index (χ2n) is 8.69. The fourth-order valence-electron chi connectivity index (χ4n) is 5.32. The third-order valence-corrected chi connectivity index (χ3v) is 6.87. The summed E-state index contributed by atoms with van der Waals surface area (Å²) in [6.45, 7) is 4.23. The Balaban J connectivity index is 1.54. The second-order valence-corrected chi connectivity index (χ2v) is 8.69. The number of ether oxygens (including phenoxy) is 2. The van der Waals surface area contributed by atoms with Crippen LogP contribution in [0.1, 0.15) is 36.5 Å². The van der Waals surface area contributed by atoms with Crippen LogP contribution in [-0.4, -0.2) is 31.3 Å². The summed E-state index contributed by atoms with van der Waals surface area (Å²) in [5.74, 6) is 2.33. The summed E-state index contributed by atoms with van der Waals surface area (Å²) < 4.78 is 12.0. The smallest absolute Gasteiger partial charge is 0.153 e. The molecule has 164 valence electrons. The number of methoxy groups -OCH3 is 1. The van der Waals surface area contributed by atoms with Gasteiger partial charge in [0.2, 0.25) is 0 Å². The lowest BCUT2D eigenvalue weighted by Crippen LogP contribution is -2.33. The lowest BCUT2D eigenvalue weighted by Gasteiger charge is -2.28. The second kappa shape index (κ2) is 9.22. The molecule has 0 spiro atoms. The van der Waals surface area contributed by atoms with Gasteiger partial charge in [-0.25, -0.2) is 0 Å². The van der Waals surface area contributed by atoms with Gasteiger partial charge in [-0.05, 0) is 71.5 Å². The van der Waals surface area contributed by atoms with Gasteiger partial charge in [-0.1, -0.05) is 61.5 Å². The molecule has 2 atom stereocenters. The van der Waals surface area contributed by atoms with Crippen LogP contribution in [0.5, 0.6) is 11.5 Å². The molecule has 1 fully saturated rings. The number of likely N-dealkylation sites (tertiary alicyclic amines) is 1.